The maximum absolute atomic E-state index is 13.6. The SMILES string of the molecule is CC(C)(CC(C)(C)N1C(=O)C2Cc3ccccc3CC2C1=O)N1C(=O)c2cc3c(cc2C1=O)CCCC3. The summed E-state index contributed by atoms with van der Waals surface area (Å²) in [7, 11) is 0. The van der Waals surface area contributed by atoms with Gasteiger partial charge in [-0.1, -0.05) is 24.3 Å². The summed E-state index contributed by atoms with van der Waals surface area (Å²) >= 11 is 0. The molecule has 2 aromatic carbocycles. The highest BCUT2D eigenvalue weighted by Crippen LogP contribution is 2.44. The molecule has 37 heavy (non-hydrogen) atoms. The first-order valence-electron chi connectivity index (χ1n) is 13.5. The van der Waals surface area contributed by atoms with Gasteiger partial charge in [-0.15, -0.1) is 0 Å². The van der Waals surface area contributed by atoms with Crippen molar-refractivity contribution in [3.8, 4) is 0 Å². The van der Waals surface area contributed by atoms with E-state index in [-0.39, 0.29) is 35.5 Å². The van der Waals surface area contributed by atoms with E-state index in [1.165, 1.54) is 20.9 Å². The maximum Gasteiger partial charge on any atom is 0.262 e. The van der Waals surface area contributed by atoms with Gasteiger partial charge in [0.1, 0.15) is 0 Å². The molecule has 0 aromatic heterocycles. The van der Waals surface area contributed by atoms with Crippen LogP contribution in [0.25, 0.3) is 0 Å². The molecule has 2 heterocycles. The summed E-state index contributed by atoms with van der Waals surface area (Å²) < 4.78 is 0. The number of imide groups is 2. The summed E-state index contributed by atoms with van der Waals surface area (Å²) in [5.74, 6) is -1.54. The van der Waals surface area contributed by atoms with Crippen LogP contribution in [-0.2, 0) is 35.3 Å². The summed E-state index contributed by atoms with van der Waals surface area (Å²) in [6.07, 6.45) is 5.52. The molecular formula is C31H34N2O4. The molecule has 2 aromatic rings. The van der Waals surface area contributed by atoms with E-state index >= 15 is 0 Å². The zero-order chi connectivity index (χ0) is 26.3. The number of amides is 4. The maximum atomic E-state index is 13.6. The smallest absolute Gasteiger partial charge is 0.262 e. The fraction of sp³-hybridized carbons (Fsp3) is 0.484. The molecule has 0 saturated carbocycles. The van der Waals surface area contributed by atoms with Crippen LogP contribution in [0.5, 0.6) is 0 Å². The van der Waals surface area contributed by atoms with Crippen molar-refractivity contribution in [1.29, 1.82) is 0 Å². The van der Waals surface area contributed by atoms with Crippen LogP contribution in [0.4, 0.5) is 0 Å². The number of benzene rings is 2. The van der Waals surface area contributed by atoms with Gasteiger partial charge in [0.25, 0.3) is 11.8 Å². The molecule has 0 bridgehead atoms. The van der Waals surface area contributed by atoms with Crippen LogP contribution in [0.15, 0.2) is 36.4 Å². The van der Waals surface area contributed by atoms with Gasteiger partial charge in [0.05, 0.1) is 23.0 Å². The van der Waals surface area contributed by atoms with Gasteiger partial charge < -0.3 is 0 Å². The fourth-order valence-electron chi connectivity index (χ4n) is 7.51. The average Bonchev–Trinajstić information content (AvgIpc) is 3.25. The molecular weight excluding hydrogens is 464 g/mol. The Bertz CT molecular complexity index is 1280. The van der Waals surface area contributed by atoms with E-state index in [0.717, 1.165) is 36.8 Å². The molecule has 6 heteroatoms. The van der Waals surface area contributed by atoms with Gasteiger partial charge in [0, 0.05) is 11.1 Å². The van der Waals surface area contributed by atoms with Gasteiger partial charge in [-0.2, -0.15) is 0 Å². The predicted molar refractivity (Wildman–Crippen MR) is 139 cm³/mol. The molecule has 4 aliphatic rings. The Labute approximate surface area is 218 Å². The van der Waals surface area contributed by atoms with E-state index in [4.69, 9.17) is 0 Å². The van der Waals surface area contributed by atoms with E-state index in [1.54, 1.807) is 0 Å². The largest absolute Gasteiger partial charge is 0.276 e. The Morgan fingerprint density at radius 3 is 1.57 bits per heavy atom. The normalized spacial score (nSPS) is 23.2. The first-order valence-corrected chi connectivity index (χ1v) is 13.5. The minimum atomic E-state index is -0.894. The van der Waals surface area contributed by atoms with Crippen molar-refractivity contribution >= 4 is 23.6 Å². The van der Waals surface area contributed by atoms with Crippen LogP contribution in [-0.4, -0.2) is 44.5 Å². The third-order valence-electron chi connectivity index (χ3n) is 8.98. The standard InChI is InChI=1S/C31H34N2O4/c1-30(2,32-26(34)22-13-18-9-5-6-10-19(18)14-23(22)27(32)35)17-31(3,4)33-28(36)24-15-20-11-7-8-12-21(20)16-25(24)29(33)37/h5-6,9-10,15-16,22-23H,7-8,11-14,17H2,1-4H3. The lowest BCUT2D eigenvalue weighted by atomic mass is 9.77. The highest BCUT2D eigenvalue weighted by Gasteiger charge is 2.56. The van der Waals surface area contributed by atoms with Gasteiger partial charge in [0.2, 0.25) is 11.8 Å². The number of hydrogen-bond acceptors (Lipinski definition) is 4. The second kappa shape index (κ2) is 8.11. The lowest BCUT2D eigenvalue weighted by molar-refractivity contribution is -0.147. The minimum Gasteiger partial charge on any atom is -0.276 e. The van der Waals surface area contributed by atoms with Crippen LogP contribution >= 0.6 is 0 Å². The van der Waals surface area contributed by atoms with Crippen molar-refractivity contribution in [1.82, 2.24) is 9.80 Å². The molecule has 2 aliphatic carbocycles. The van der Waals surface area contributed by atoms with Gasteiger partial charge in [-0.05, 0) is 107 Å². The third-order valence-corrected chi connectivity index (χ3v) is 8.98. The number of hydrogen-bond donors (Lipinski definition) is 0. The number of fused-ring (bicyclic) bond motifs is 4. The molecule has 192 valence electrons. The van der Waals surface area contributed by atoms with E-state index in [9.17, 15) is 19.2 Å². The third kappa shape index (κ3) is 3.59. The molecule has 1 fully saturated rings. The summed E-state index contributed by atoms with van der Waals surface area (Å²) in [6, 6.07) is 11.9. The first-order chi connectivity index (χ1) is 17.5. The number of likely N-dealkylation sites (tertiary alicyclic amines) is 1. The van der Waals surface area contributed by atoms with E-state index in [1.807, 2.05) is 64.1 Å². The van der Waals surface area contributed by atoms with Crippen LogP contribution in [0.2, 0.25) is 0 Å². The molecule has 2 atom stereocenters. The van der Waals surface area contributed by atoms with Gasteiger partial charge >= 0.3 is 0 Å². The number of aryl methyl sites for hydroxylation is 2. The predicted octanol–water partition coefficient (Wildman–Crippen LogP) is 4.51. The van der Waals surface area contributed by atoms with Crippen molar-refractivity contribution in [3.63, 3.8) is 0 Å². The summed E-state index contributed by atoms with van der Waals surface area (Å²) in [6.45, 7) is 7.49. The molecule has 1 saturated heterocycles. The highest BCUT2D eigenvalue weighted by atomic mass is 16.2. The Morgan fingerprint density at radius 2 is 1.11 bits per heavy atom. The summed E-state index contributed by atoms with van der Waals surface area (Å²) in [5, 5.41) is 0. The molecule has 2 aliphatic heterocycles. The molecule has 2 unspecified atom stereocenters. The Kier molecular flexibility index (Phi) is 5.28. The average molecular weight is 499 g/mol. The second-order valence-electron chi connectivity index (χ2n) is 12.5. The Balaban J connectivity index is 1.27. The highest BCUT2D eigenvalue weighted by molar-refractivity contribution is 6.22. The van der Waals surface area contributed by atoms with Gasteiger partial charge in [0.15, 0.2) is 0 Å². The molecule has 4 amide bonds. The van der Waals surface area contributed by atoms with Crippen molar-refractivity contribution in [3.05, 3.63) is 69.8 Å². The number of nitrogens with zero attached hydrogens (tertiary/aromatic N) is 2. The molecule has 0 radical (unpaired) electrons. The zero-order valence-corrected chi connectivity index (χ0v) is 22.1. The Hall–Kier alpha value is -3.28. The van der Waals surface area contributed by atoms with Crippen LogP contribution < -0.4 is 0 Å². The number of carbonyl (C=O) groups excluding carboxylic acids is 4. The van der Waals surface area contributed by atoms with Crippen molar-refractivity contribution < 1.29 is 19.2 Å². The monoisotopic (exact) mass is 498 g/mol. The van der Waals surface area contributed by atoms with Gasteiger partial charge in [-0.3, -0.25) is 29.0 Å². The molecule has 6 nitrogen and oxygen atoms in total. The van der Waals surface area contributed by atoms with Crippen LogP contribution in [0.3, 0.4) is 0 Å². The first kappa shape index (κ1) is 24.1. The van der Waals surface area contributed by atoms with Crippen LogP contribution in [0.1, 0.15) is 89.9 Å². The zero-order valence-electron chi connectivity index (χ0n) is 22.1. The quantitative estimate of drug-likeness (QED) is 0.582. The van der Waals surface area contributed by atoms with Crippen LogP contribution in [0, 0.1) is 11.8 Å². The van der Waals surface area contributed by atoms with E-state index < -0.39 is 11.1 Å². The van der Waals surface area contributed by atoms with E-state index in [2.05, 4.69) is 0 Å². The molecule has 0 spiro atoms. The summed E-state index contributed by atoms with van der Waals surface area (Å²) in [5.41, 5.74) is 3.81. The fourth-order valence-corrected chi connectivity index (χ4v) is 7.51. The van der Waals surface area contributed by atoms with Crippen molar-refractivity contribution in [2.24, 2.45) is 11.8 Å². The molecule has 0 N–H and O–H groups in total. The van der Waals surface area contributed by atoms with Crippen molar-refractivity contribution in [2.45, 2.75) is 83.7 Å². The lowest BCUT2D eigenvalue weighted by Crippen LogP contribution is -2.57. The van der Waals surface area contributed by atoms with E-state index in [0.29, 0.717) is 30.4 Å². The topological polar surface area (TPSA) is 74.8 Å². The number of carbonyl (C=O) groups is 4. The second-order valence-corrected chi connectivity index (χ2v) is 12.5. The van der Waals surface area contributed by atoms with Gasteiger partial charge in [-0.25, -0.2) is 0 Å². The van der Waals surface area contributed by atoms with Crippen molar-refractivity contribution in [2.75, 3.05) is 0 Å². The Morgan fingerprint density at radius 1 is 0.676 bits per heavy atom. The molecule has 6 rings (SSSR count). The summed E-state index contributed by atoms with van der Waals surface area (Å²) in [4.78, 5) is 57.2. The lowest BCUT2D eigenvalue weighted by Gasteiger charge is -2.43. The minimum absolute atomic E-state index is 0.139. The number of rotatable bonds is 4.